The summed E-state index contributed by atoms with van der Waals surface area (Å²) in [5, 5.41) is 10.0. The summed E-state index contributed by atoms with van der Waals surface area (Å²) in [6.45, 7) is 2.61. The van der Waals surface area contributed by atoms with Gasteiger partial charge in [-0.1, -0.05) is 18.6 Å². The highest BCUT2D eigenvalue weighted by atomic mass is 16.7. The SMILES string of the molecule is COc1c2c(c(OC)c(OC)c1OC)CN(C)C(CCCC(C)(C#N)C1Oc3ccccc3O1)C2. The molecule has 2 atom stereocenters. The number of para-hydroxylation sites is 2. The van der Waals surface area contributed by atoms with Crippen LogP contribution in [0.15, 0.2) is 24.3 Å². The van der Waals surface area contributed by atoms with E-state index in [9.17, 15) is 5.26 Å². The van der Waals surface area contributed by atoms with Crippen molar-refractivity contribution in [2.45, 2.75) is 51.5 Å². The molecule has 0 spiro atoms. The van der Waals surface area contributed by atoms with Crippen LogP contribution in [0.1, 0.15) is 37.3 Å². The van der Waals surface area contributed by atoms with Gasteiger partial charge in [0.2, 0.25) is 11.5 Å². The lowest BCUT2D eigenvalue weighted by Gasteiger charge is -2.37. The van der Waals surface area contributed by atoms with Crippen LogP contribution in [0.2, 0.25) is 0 Å². The zero-order valence-corrected chi connectivity index (χ0v) is 21.3. The number of hydrogen-bond acceptors (Lipinski definition) is 8. The standard InChI is InChI=1S/C27H34N2O6/c1-27(16-28,26-34-20-11-7-8-12-21(20)35-26)13-9-10-17-14-18-19(15-29(17)2)23(31-4)25(33-6)24(32-5)22(18)30-3/h7-8,11-12,17,26H,9-10,13-15H2,1-6H3. The molecule has 0 N–H and O–H groups in total. The molecule has 0 amide bonds. The third-order valence-corrected chi connectivity index (χ3v) is 7.14. The molecular weight excluding hydrogens is 448 g/mol. The highest BCUT2D eigenvalue weighted by Gasteiger charge is 2.42. The average molecular weight is 483 g/mol. The van der Waals surface area contributed by atoms with Crippen LogP contribution < -0.4 is 28.4 Å². The number of nitriles is 1. The maximum atomic E-state index is 10.0. The van der Waals surface area contributed by atoms with Gasteiger partial charge in [0.25, 0.3) is 6.29 Å². The van der Waals surface area contributed by atoms with Crippen LogP contribution in [0.4, 0.5) is 0 Å². The number of benzene rings is 2. The molecule has 2 aromatic carbocycles. The van der Waals surface area contributed by atoms with Gasteiger partial charge in [0.15, 0.2) is 23.0 Å². The largest absolute Gasteiger partial charge is 0.492 e. The van der Waals surface area contributed by atoms with Gasteiger partial charge >= 0.3 is 0 Å². The van der Waals surface area contributed by atoms with Crippen molar-refractivity contribution < 1.29 is 28.4 Å². The van der Waals surface area contributed by atoms with Crippen molar-refractivity contribution in [1.82, 2.24) is 4.90 Å². The maximum absolute atomic E-state index is 10.0. The number of fused-ring (bicyclic) bond motifs is 2. The Morgan fingerprint density at radius 2 is 1.49 bits per heavy atom. The summed E-state index contributed by atoms with van der Waals surface area (Å²) in [5.41, 5.74) is 1.36. The summed E-state index contributed by atoms with van der Waals surface area (Å²) < 4.78 is 34.7. The molecule has 0 fully saturated rings. The number of ether oxygens (including phenoxy) is 6. The van der Waals surface area contributed by atoms with Crippen LogP contribution in [-0.2, 0) is 13.0 Å². The van der Waals surface area contributed by atoms with Crippen LogP contribution in [0.5, 0.6) is 34.5 Å². The molecule has 0 bridgehead atoms. The molecule has 0 saturated carbocycles. The lowest BCUT2D eigenvalue weighted by Crippen LogP contribution is -2.40. The van der Waals surface area contributed by atoms with Crippen molar-refractivity contribution in [1.29, 1.82) is 5.26 Å². The summed E-state index contributed by atoms with van der Waals surface area (Å²) in [6.07, 6.45) is 2.58. The van der Waals surface area contributed by atoms with Gasteiger partial charge in [-0.3, -0.25) is 4.90 Å². The van der Waals surface area contributed by atoms with Gasteiger partial charge in [0, 0.05) is 23.7 Å². The fourth-order valence-electron chi connectivity index (χ4n) is 5.12. The minimum Gasteiger partial charge on any atom is -0.492 e. The normalized spacial score (nSPS) is 18.8. The first kappa shape index (κ1) is 24.8. The first-order valence-corrected chi connectivity index (χ1v) is 11.8. The molecule has 8 nitrogen and oxygen atoms in total. The van der Waals surface area contributed by atoms with Gasteiger partial charge in [0.1, 0.15) is 5.41 Å². The second-order valence-corrected chi connectivity index (χ2v) is 9.30. The molecule has 2 aliphatic heterocycles. The zero-order chi connectivity index (χ0) is 25.2. The quantitative estimate of drug-likeness (QED) is 0.514. The Balaban J connectivity index is 1.49. The smallest absolute Gasteiger partial charge is 0.259 e. The monoisotopic (exact) mass is 482 g/mol. The maximum Gasteiger partial charge on any atom is 0.259 e. The van der Waals surface area contributed by atoms with Crippen molar-refractivity contribution in [2.75, 3.05) is 35.5 Å². The Kier molecular flexibility index (Phi) is 7.18. The Hall–Kier alpha value is -3.31. The predicted molar refractivity (Wildman–Crippen MR) is 131 cm³/mol. The van der Waals surface area contributed by atoms with Gasteiger partial charge in [-0.05, 0) is 45.4 Å². The van der Waals surface area contributed by atoms with Crippen molar-refractivity contribution >= 4 is 0 Å². The van der Waals surface area contributed by atoms with Crippen molar-refractivity contribution in [3.05, 3.63) is 35.4 Å². The summed E-state index contributed by atoms with van der Waals surface area (Å²) in [7, 11) is 8.61. The average Bonchev–Trinajstić information content (AvgIpc) is 3.32. The molecule has 188 valence electrons. The van der Waals surface area contributed by atoms with E-state index < -0.39 is 11.7 Å². The van der Waals surface area contributed by atoms with E-state index in [2.05, 4.69) is 18.0 Å². The van der Waals surface area contributed by atoms with Crippen molar-refractivity contribution in [3.8, 4) is 40.6 Å². The highest BCUT2D eigenvalue weighted by Crippen LogP contribution is 2.52. The molecule has 0 aromatic heterocycles. The van der Waals surface area contributed by atoms with E-state index in [1.54, 1.807) is 28.4 Å². The summed E-state index contributed by atoms with van der Waals surface area (Å²) in [6, 6.07) is 10.3. The fourth-order valence-corrected chi connectivity index (χ4v) is 5.12. The summed E-state index contributed by atoms with van der Waals surface area (Å²) >= 11 is 0. The highest BCUT2D eigenvalue weighted by molar-refractivity contribution is 5.67. The third-order valence-electron chi connectivity index (χ3n) is 7.14. The molecule has 0 radical (unpaired) electrons. The first-order valence-electron chi connectivity index (χ1n) is 11.8. The Morgan fingerprint density at radius 3 is 2.00 bits per heavy atom. The molecular formula is C27H34N2O6. The molecule has 2 aromatic rings. The van der Waals surface area contributed by atoms with E-state index >= 15 is 0 Å². The Bertz CT molecular complexity index is 1090. The summed E-state index contributed by atoms with van der Waals surface area (Å²) in [4.78, 5) is 2.32. The van der Waals surface area contributed by atoms with E-state index in [1.807, 2.05) is 31.2 Å². The minimum atomic E-state index is -0.762. The second-order valence-electron chi connectivity index (χ2n) is 9.30. The lowest BCUT2D eigenvalue weighted by molar-refractivity contribution is -0.0353. The number of rotatable bonds is 9. The molecule has 8 heteroatoms. The van der Waals surface area contributed by atoms with Crippen molar-refractivity contribution in [3.63, 3.8) is 0 Å². The molecule has 0 aliphatic carbocycles. The molecule has 0 saturated heterocycles. The summed E-state index contributed by atoms with van der Waals surface area (Å²) in [5.74, 6) is 3.82. The van der Waals surface area contributed by atoms with Crippen LogP contribution in [0, 0.1) is 16.7 Å². The van der Waals surface area contributed by atoms with Crippen molar-refractivity contribution in [2.24, 2.45) is 5.41 Å². The van der Waals surface area contributed by atoms with Crippen LogP contribution >= 0.6 is 0 Å². The Labute approximate surface area is 207 Å². The molecule has 4 rings (SSSR count). The van der Waals surface area contributed by atoms with Gasteiger partial charge < -0.3 is 28.4 Å². The second kappa shape index (κ2) is 10.1. The Morgan fingerprint density at radius 1 is 0.943 bits per heavy atom. The molecule has 2 heterocycles. The topological polar surface area (TPSA) is 82.4 Å². The number of likely N-dealkylation sites (N-methyl/N-ethyl adjacent to an activating group) is 1. The lowest BCUT2D eigenvalue weighted by atomic mass is 9.83. The number of hydrogen-bond donors (Lipinski definition) is 0. The van der Waals surface area contributed by atoms with E-state index in [1.165, 1.54) is 0 Å². The van der Waals surface area contributed by atoms with E-state index in [4.69, 9.17) is 28.4 Å². The molecule has 35 heavy (non-hydrogen) atoms. The molecule has 2 aliphatic rings. The predicted octanol–water partition coefficient (Wildman–Crippen LogP) is 4.58. The van der Waals surface area contributed by atoms with Gasteiger partial charge in [-0.2, -0.15) is 5.26 Å². The van der Waals surface area contributed by atoms with Gasteiger partial charge in [0.05, 0.1) is 34.5 Å². The number of methoxy groups -OCH3 is 4. The minimum absolute atomic E-state index is 0.268. The van der Waals surface area contributed by atoms with E-state index in [-0.39, 0.29) is 6.04 Å². The first-order chi connectivity index (χ1) is 16.9. The van der Waals surface area contributed by atoms with Gasteiger partial charge in [-0.25, -0.2) is 0 Å². The van der Waals surface area contributed by atoms with Crippen LogP contribution in [-0.4, -0.2) is 52.7 Å². The fraction of sp³-hybridized carbons (Fsp3) is 0.519. The molecule has 2 unspecified atom stereocenters. The number of nitrogens with zero attached hydrogens (tertiary/aromatic N) is 2. The van der Waals surface area contributed by atoms with Crippen LogP contribution in [0.3, 0.4) is 0 Å². The van der Waals surface area contributed by atoms with Gasteiger partial charge in [-0.15, -0.1) is 0 Å². The third kappa shape index (κ3) is 4.41. The van der Waals surface area contributed by atoms with E-state index in [0.717, 1.165) is 30.4 Å². The van der Waals surface area contributed by atoms with Crippen LogP contribution in [0.25, 0.3) is 0 Å². The van der Waals surface area contributed by atoms with E-state index in [0.29, 0.717) is 47.5 Å². The zero-order valence-electron chi connectivity index (χ0n) is 21.3.